The molecule has 8 heteroatoms. The fourth-order valence-electron chi connectivity index (χ4n) is 3.33. The number of nitro benzene ring substituents is 1. The number of carbonyl (C=O) groups is 1. The second kappa shape index (κ2) is 9.29. The van der Waals surface area contributed by atoms with Crippen LogP contribution < -0.4 is 5.32 Å². The van der Waals surface area contributed by atoms with E-state index in [2.05, 4.69) is 11.4 Å². The highest BCUT2D eigenvalue weighted by molar-refractivity contribution is 8.02. The first-order valence-corrected chi connectivity index (χ1v) is 10.4. The SMILES string of the molecule is CCOC(=O)C1=C(c2ccc([N+](=O)[O-])cc2)NC(SC)=C(C#N)[C@H]1c1ccccc1. The third kappa shape index (κ3) is 4.07. The van der Waals surface area contributed by atoms with E-state index in [1.54, 1.807) is 19.1 Å². The van der Waals surface area contributed by atoms with Crippen molar-refractivity contribution in [3.63, 3.8) is 0 Å². The maximum Gasteiger partial charge on any atom is 0.337 e. The van der Waals surface area contributed by atoms with Crippen LogP contribution in [0.2, 0.25) is 0 Å². The molecule has 1 N–H and O–H groups in total. The number of nitro groups is 1. The van der Waals surface area contributed by atoms with Crippen LogP contribution in [0.25, 0.3) is 5.70 Å². The molecule has 0 amide bonds. The minimum Gasteiger partial charge on any atom is -0.463 e. The van der Waals surface area contributed by atoms with Crippen LogP contribution in [-0.2, 0) is 9.53 Å². The largest absolute Gasteiger partial charge is 0.463 e. The lowest BCUT2D eigenvalue weighted by Gasteiger charge is -2.30. The molecule has 1 atom stereocenters. The van der Waals surface area contributed by atoms with E-state index in [0.29, 0.717) is 27.4 Å². The Bertz CT molecular complexity index is 1070. The van der Waals surface area contributed by atoms with E-state index in [0.717, 1.165) is 5.56 Å². The number of ether oxygens (including phenoxy) is 1. The molecule has 1 aliphatic heterocycles. The Kier molecular flexibility index (Phi) is 6.54. The predicted octanol–water partition coefficient (Wildman–Crippen LogP) is 4.35. The molecule has 30 heavy (non-hydrogen) atoms. The maximum absolute atomic E-state index is 13.0. The summed E-state index contributed by atoms with van der Waals surface area (Å²) in [5.41, 5.74) is 2.51. The van der Waals surface area contributed by atoms with E-state index in [9.17, 15) is 20.2 Å². The van der Waals surface area contributed by atoms with Gasteiger partial charge in [0.15, 0.2) is 0 Å². The van der Waals surface area contributed by atoms with E-state index in [-0.39, 0.29) is 12.3 Å². The van der Waals surface area contributed by atoms with E-state index >= 15 is 0 Å². The van der Waals surface area contributed by atoms with Gasteiger partial charge in [-0.2, -0.15) is 5.26 Å². The molecular weight excluding hydrogens is 402 g/mol. The first-order chi connectivity index (χ1) is 14.5. The highest BCUT2D eigenvalue weighted by atomic mass is 32.2. The van der Waals surface area contributed by atoms with Gasteiger partial charge >= 0.3 is 5.97 Å². The fourth-order valence-corrected chi connectivity index (χ4v) is 3.92. The highest BCUT2D eigenvalue weighted by Gasteiger charge is 2.36. The molecule has 0 unspecified atom stereocenters. The van der Waals surface area contributed by atoms with Crippen molar-refractivity contribution in [1.29, 1.82) is 5.26 Å². The van der Waals surface area contributed by atoms with Crippen molar-refractivity contribution in [3.05, 3.63) is 92.0 Å². The monoisotopic (exact) mass is 421 g/mol. The number of allylic oxidation sites excluding steroid dienone is 1. The summed E-state index contributed by atoms with van der Waals surface area (Å²) in [6, 6.07) is 17.4. The standard InChI is InChI=1S/C22H19N3O4S/c1-3-29-22(26)19-18(14-7-5-4-6-8-14)17(13-23)21(30-2)24-20(19)15-9-11-16(12-10-15)25(27)28/h4-12,18,24H,3H2,1-2H3/t18-/m1/s1. The highest BCUT2D eigenvalue weighted by Crippen LogP contribution is 2.43. The first kappa shape index (κ1) is 21.1. The van der Waals surface area contributed by atoms with Crippen LogP contribution in [0.4, 0.5) is 5.69 Å². The van der Waals surface area contributed by atoms with Crippen molar-refractivity contribution in [2.24, 2.45) is 0 Å². The van der Waals surface area contributed by atoms with Crippen LogP contribution in [0.1, 0.15) is 24.0 Å². The van der Waals surface area contributed by atoms with Crippen LogP contribution in [0, 0.1) is 21.4 Å². The lowest BCUT2D eigenvalue weighted by atomic mass is 9.81. The molecule has 0 bridgehead atoms. The molecule has 0 aliphatic carbocycles. The van der Waals surface area contributed by atoms with Gasteiger partial charge in [-0.1, -0.05) is 30.3 Å². The number of thioether (sulfide) groups is 1. The number of nitrogens with one attached hydrogen (secondary N) is 1. The number of dihydropyridines is 1. The summed E-state index contributed by atoms with van der Waals surface area (Å²) in [6.07, 6.45) is 1.84. The van der Waals surface area contributed by atoms with Crippen LogP contribution in [-0.4, -0.2) is 23.8 Å². The second-order valence-corrected chi connectivity index (χ2v) is 7.16. The number of nitrogens with zero attached hydrogens (tertiary/aromatic N) is 2. The summed E-state index contributed by atoms with van der Waals surface area (Å²) in [4.78, 5) is 23.6. The molecule has 2 aromatic carbocycles. The van der Waals surface area contributed by atoms with Crippen molar-refractivity contribution in [2.45, 2.75) is 12.8 Å². The Hall–Kier alpha value is -3.57. The average Bonchev–Trinajstić information content (AvgIpc) is 2.78. The summed E-state index contributed by atoms with van der Waals surface area (Å²) >= 11 is 1.36. The molecule has 0 saturated heterocycles. The fraction of sp³-hybridized carbons (Fsp3) is 0.182. The number of nitriles is 1. The summed E-state index contributed by atoms with van der Waals surface area (Å²) in [5, 5.41) is 24.7. The number of rotatable bonds is 6. The predicted molar refractivity (Wildman–Crippen MR) is 115 cm³/mol. The first-order valence-electron chi connectivity index (χ1n) is 9.18. The van der Waals surface area contributed by atoms with Crippen molar-refractivity contribution < 1.29 is 14.5 Å². The zero-order valence-corrected chi connectivity index (χ0v) is 17.2. The van der Waals surface area contributed by atoms with Crippen molar-refractivity contribution in [1.82, 2.24) is 5.32 Å². The summed E-state index contributed by atoms with van der Waals surface area (Å²) < 4.78 is 5.32. The number of hydrogen-bond donors (Lipinski definition) is 1. The lowest BCUT2D eigenvalue weighted by Crippen LogP contribution is -2.29. The lowest BCUT2D eigenvalue weighted by molar-refractivity contribution is -0.384. The van der Waals surface area contributed by atoms with Crippen LogP contribution >= 0.6 is 11.8 Å². The second-order valence-electron chi connectivity index (χ2n) is 6.34. The van der Waals surface area contributed by atoms with Gasteiger partial charge in [-0.15, -0.1) is 11.8 Å². The summed E-state index contributed by atoms with van der Waals surface area (Å²) in [7, 11) is 0. The molecular formula is C22H19N3O4S. The average molecular weight is 421 g/mol. The summed E-state index contributed by atoms with van der Waals surface area (Å²) in [5.74, 6) is -1.16. The van der Waals surface area contributed by atoms with Gasteiger partial charge in [-0.3, -0.25) is 10.1 Å². The smallest absolute Gasteiger partial charge is 0.337 e. The van der Waals surface area contributed by atoms with Crippen molar-refractivity contribution in [3.8, 4) is 6.07 Å². The molecule has 1 aliphatic rings. The normalized spacial score (nSPS) is 16.0. The quantitative estimate of drug-likeness (QED) is 0.420. The molecule has 0 radical (unpaired) electrons. The number of carbonyl (C=O) groups excluding carboxylic acids is 1. The van der Waals surface area contributed by atoms with Crippen molar-refractivity contribution >= 4 is 29.1 Å². The maximum atomic E-state index is 13.0. The van der Waals surface area contributed by atoms with Gasteiger partial charge in [0.05, 0.1) is 45.4 Å². The summed E-state index contributed by atoms with van der Waals surface area (Å²) in [6.45, 7) is 1.89. The molecule has 0 spiro atoms. The third-order valence-corrected chi connectivity index (χ3v) is 5.38. The molecule has 0 saturated carbocycles. The zero-order valence-electron chi connectivity index (χ0n) is 16.4. The van der Waals surface area contributed by atoms with Crippen LogP contribution in [0.5, 0.6) is 0 Å². The molecule has 0 fully saturated rings. The van der Waals surface area contributed by atoms with Gasteiger partial charge in [0, 0.05) is 12.1 Å². The number of esters is 1. The van der Waals surface area contributed by atoms with E-state index in [1.807, 2.05) is 36.6 Å². The van der Waals surface area contributed by atoms with Crippen LogP contribution in [0.3, 0.4) is 0 Å². The molecule has 2 aromatic rings. The van der Waals surface area contributed by atoms with Gasteiger partial charge in [0.25, 0.3) is 5.69 Å². The van der Waals surface area contributed by atoms with E-state index in [4.69, 9.17) is 4.74 Å². The van der Waals surface area contributed by atoms with Gasteiger partial charge in [-0.05, 0) is 36.4 Å². The Labute approximate surface area is 178 Å². The zero-order chi connectivity index (χ0) is 21.7. The molecule has 3 rings (SSSR count). The molecule has 7 nitrogen and oxygen atoms in total. The number of non-ortho nitro benzene ring substituents is 1. The van der Waals surface area contributed by atoms with Gasteiger partial charge in [0.2, 0.25) is 0 Å². The van der Waals surface area contributed by atoms with Gasteiger partial charge in [-0.25, -0.2) is 4.79 Å². The topological polar surface area (TPSA) is 105 Å². The molecule has 1 heterocycles. The van der Waals surface area contributed by atoms with Gasteiger partial charge in [0.1, 0.15) is 0 Å². The van der Waals surface area contributed by atoms with Crippen LogP contribution in [0.15, 0.2) is 70.8 Å². The number of benzene rings is 2. The molecule has 0 aromatic heterocycles. The van der Waals surface area contributed by atoms with E-state index < -0.39 is 16.8 Å². The minimum atomic E-state index is -0.621. The molecule has 152 valence electrons. The minimum absolute atomic E-state index is 0.0502. The third-order valence-electron chi connectivity index (χ3n) is 4.65. The van der Waals surface area contributed by atoms with Crippen molar-refractivity contribution in [2.75, 3.05) is 12.9 Å². The Morgan fingerprint density at radius 2 is 1.90 bits per heavy atom. The Morgan fingerprint density at radius 3 is 2.43 bits per heavy atom. The Balaban J connectivity index is 2.27. The Morgan fingerprint density at radius 1 is 1.23 bits per heavy atom. The van der Waals surface area contributed by atoms with Gasteiger partial charge < -0.3 is 10.1 Å². The number of hydrogen-bond acceptors (Lipinski definition) is 7. The van der Waals surface area contributed by atoms with E-state index in [1.165, 1.54) is 23.9 Å².